The first-order valence-corrected chi connectivity index (χ1v) is 12.9. The van der Waals surface area contributed by atoms with Crippen molar-refractivity contribution in [2.24, 2.45) is 10.3 Å². The van der Waals surface area contributed by atoms with Gasteiger partial charge in [0, 0.05) is 18.4 Å². The van der Waals surface area contributed by atoms with Gasteiger partial charge >= 0.3 is 12.3 Å². The second-order valence-corrected chi connectivity index (χ2v) is 11.0. The van der Waals surface area contributed by atoms with E-state index in [2.05, 4.69) is 14.7 Å². The average molecular weight is 563 g/mol. The van der Waals surface area contributed by atoms with E-state index in [4.69, 9.17) is 9.47 Å². The molecule has 2 amide bonds. The van der Waals surface area contributed by atoms with Crippen LogP contribution < -0.4 is 15.0 Å². The SMILES string of the molecule is COc1c(N2CC(C(F)(F)F)CC2C(=O)Nc2ccnc(/[S@](C)=N\C(=O)OC(C)(C)C)c2)ccc(F)c1F. The van der Waals surface area contributed by atoms with Crippen molar-refractivity contribution in [1.29, 1.82) is 0 Å². The Kier molecular flexibility index (Phi) is 8.64. The number of aromatic nitrogens is 1. The monoisotopic (exact) mass is 562 g/mol. The van der Waals surface area contributed by atoms with Gasteiger partial charge in [-0.15, -0.1) is 4.36 Å². The highest BCUT2D eigenvalue weighted by atomic mass is 32.2. The van der Waals surface area contributed by atoms with Gasteiger partial charge in [-0.1, -0.05) is 0 Å². The van der Waals surface area contributed by atoms with Gasteiger partial charge in [0.2, 0.25) is 11.7 Å². The molecule has 2 heterocycles. The number of pyridine rings is 1. The lowest BCUT2D eigenvalue weighted by Crippen LogP contribution is -2.40. The summed E-state index contributed by atoms with van der Waals surface area (Å²) in [5.41, 5.74) is -0.725. The molecule has 3 rings (SSSR count). The Morgan fingerprint density at radius 2 is 1.87 bits per heavy atom. The fourth-order valence-corrected chi connectivity index (χ4v) is 4.71. The first-order chi connectivity index (χ1) is 17.6. The molecule has 2 unspecified atom stereocenters. The van der Waals surface area contributed by atoms with Crippen LogP contribution in [-0.4, -0.2) is 54.7 Å². The van der Waals surface area contributed by atoms with Crippen molar-refractivity contribution in [3.05, 3.63) is 42.1 Å². The van der Waals surface area contributed by atoms with Crippen LogP contribution in [0.2, 0.25) is 0 Å². The van der Waals surface area contributed by atoms with Crippen LogP contribution in [0, 0.1) is 17.6 Å². The Morgan fingerprint density at radius 1 is 1.18 bits per heavy atom. The smallest absolute Gasteiger partial charge is 0.440 e. The van der Waals surface area contributed by atoms with Crippen LogP contribution in [0.5, 0.6) is 5.75 Å². The zero-order valence-corrected chi connectivity index (χ0v) is 22.0. The van der Waals surface area contributed by atoms with Crippen LogP contribution in [0.15, 0.2) is 39.9 Å². The molecule has 1 aliphatic heterocycles. The van der Waals surface area contributed by atoms with Crippen molar-refractivity contribution in [3.63, 3.8) is 0 Å². The van der Waals surface area contributed by atoms with Crippen molar-refractivity contribution in [2.75, 3.05) is 30.1 Å². The third-order valence-electron chi connectivity index (χ3n) is 5.52. The van der Waals surface area contributed by atoms with Gasteiger partial charge in [-0.3, -0.25) is 4.79 Å². The van der Waals surface area contributed by atoms with Gasteiger partial charge in [0.15, 0.2) is 11.6 Å². The lowest BCUT2D eigenvalue weighted by atomic mass is 10.0. The summed E-state index contributed by atoms with van der Waals surface area (Å²) in [7, 11) is -0.00146. The number of carbonyl (C=O) groups excluding carboxylic acids is 2. The van der Waals surface area contributed by atoms with Gasteiger partial charge in [0.1, 0.15) is 16.7 Å². The quantitative estimate of drug-likeness (QED) is 0.485. The molecule has 2 aromatic rings. The normalized spacial score (nSPS) is 18.8. The average Bonchev–Trinajstić information content (AvgIpc) is 3.25. The lowest BCUT2D eigenvalue weighted by Gasteiger charge is -2.27. The Hall–Kier alpha value is -3.29. The van der Waals surface area contributed by atoms with Crippen LogP contribution in [0.4, 0.5) is 38.1 Å². The molecular formula is C24H27F5N4O4S. The number of ether oxygens (including phenoxy) is 2. The zero-order valence-electron chi connectivity index (χ0n) is 21.2. The number of nitrogens with one attached hydrogen (secondary N) is 1. The van der Waals surface area contributed by atoms with Gasteiger partial charge in [-0.05, 0) is 68.4 Å². The molecule has 1 aromatic carbocycles. The van der Waals surface area contributed by atoms with E-state index in [-0.39, 0.29) is 11.4 Å². The van der Waals surface area contributed by atoms with E-state index < -0.39 is 76.8 Å². The second-order valence-electron chi connectivity index (χ2n) is 9.48. The van der Waals surface area contributed by atoms with Crippen LogP contribution >= 0.6 is 0 Å². The fourth-order valence-electron chi connectivity index (χ4n) is 3.84. The predicted molar refractivity (Wildman–Crippen MR) is 131 cm³/mol. The molecule has 1 aliphatic rings. The van der Waals surface area contributed by atoms with E-state index >= 15 is 0 Å². The van der Waals surface area contributed by atoms with E-state index in [0.717, 1.165) is 24.1 Å². The van der Waals surface area contributed by atoms with Crippen LogP contribution in [0.3, 0.4) is 0 Å². The standard InChI is InChI=1S/C24H27F5N4O4S/c1-23(2,3)37-22(35)32-38(5)18-11-14(8-9-30-18)31-21(34)17-10-13(24(27,28)29)12-33(17)16-7-6-15(25)19(26)20(16)36-4/h6-9,11,13,17H,10,12H2,1-5H3,(H,30,31,34)/t13?,17?,38-/m0/s1. The highest BCUT2D eigenvalue weighted by Gasteiger charge is 2.50. The number of nitrogens with zero attached hydrogens (tertiary/aromatic N) is 3. The third-order valence-corrected chi connectivity index (χ3v) is 6.77. The summed E-state index contributed by atoms with van der Waals surface area (Å²) < 4.78 is 82.9. The number of anilines is 2. The maximum atomic E-state index is 14.3. The van der Waals surface area contributed by atoms with Crippen LogP contribution in [-0.2, 0) is 20.2 Å². The molecule has 3 atom stereocenters. The highest BCUT2D eigenvalue weighted by molar-refractivity contribution is 7.86. The molecule has 0 spiro atoms. The van der Waals surface area contributed by atoms with Crippen molar-refractivity contribution < 1.29 is 41.0 Å². The van der Waals surface area contributed by atoms with E-state index in [1.54, 1.807) is 27.0 Å². The maximum absolute atomic E-state index is 14.3. The van der Waals surface area contributed by atoms with E-state index in [1.165, 1.54) is 18.3 Å². The lowest BCUT2D eigenvalue weighted by molar-refractivity contribution is -0.168. The number of carbonyl (C=O) groups is 2. The molecule has 208 valence electrons. The molecule has 1 fully saturated rings. The predicted octanol–water partition coefficient (Wildman–Crippen LogP) is 5.49. The Morgan fingerprint density at radius 3 is 2.47 bits per heavy atom. The van der Waals surface area contributed by atoms with Crippen molar-refractivity contribution in [3.8, 4) is 5.75 Å². The van der Waals surface area contributed by atoms with Crippen LogP contribution in [0.25, 0.3) is 0 Å². The molecule has 1 aromatic heterocycles. The number of hydrogen-bond acceptors (Lipinski definition) is 6. The maximum Gasteiger partial charge on any atom is 0.440 e. The summed E-state index contributed by atoms with van der Waals surface area (Å²) in [6, 6.07) is 3.32. The summed E-state index contributed by atoms with van der Waals surface area (Å²) in [4.78, 5) is 30.4. The van der Waals surface area contributed by atoms with Gasteiger partial charge < -0.3 is 19.7 Å². The molecule has 38 heavy (non-hydrogen) atoms. The number of halogens is 5. The first-order valence-electron chi connectivity index (χ1n) is 11.3. The topological polar surface area (TPSA) is 93.1 Å². The number of alkyl halides is 3. The summed E-state index contributed by atoms with van der Waals surface area (Å²) in [5.74, 6) is -5.91. The number of rotatable bonds is 5. The Labute approximate surface area is 218 Å². The summed E-state index contributed by atoms with van der Waals surface area (Å²) >= 11 is 0. The van der Waals surface area contributed by atoms with Crippen LogP contribution in [0.1, 0.15) is 27.2 Å². The van der Waals surface area contributed by atoms with Gasteiger partial charge in [0.25, 0.3) is 0 Å². The van der Waals surface area contributed by atoms with Crippen molar-refractivity contribution in [1.82, 2.24) is 4.98 Å². The molecule has 14 heteroatoms. The number of methoxy groups -OCH3 is 1. The molecule has 0 bridgehead atoms. The molecule has 0 radical (unpaired) electrons. The van der Waals surface area contributed by atoms with E-state index in [9.17, 15) is 31.5 Å². The Bertz CT molecular complexity index is 1250. The van der Waals surface area contributed by atoms with E-state index in [0.29, 0.717) is 5.03 Å². The van der Waals surface area contributed by atoms with Gasteiger partial charge in [-0.2, -0.15) is 17.6 Å². The highest BCUT2D eigenvalue weighted by Crippen LogP contribution is 2.43. The van der Waals surface area contributed by atoms with Gasteiger partial charge in [-0.25, -0.2) is 14.2 Å². The molecule has 1 saturated heterocycles. The number of amides is 2. The minimum absolute atomic E-state index is 0.181. The third kappa shape index (κ3) is 6.97. The molecule has 0 aliphatic carbocycles. The molecule has 8 nitrogen and oxygen atoms in total. The summed E-state index contributed by atoms with van der Waals surface area (Å²) in [6.07, 6.45) is -3.06. The molecular weight excluding hydrogens is 535 g/mol. The summed E-state index contributed by atoms with van der Waals surface area (Å²) in [5, 5.41) is 2.88. The minimum Gasteiger partial charge on any atom is -0.491 e. The second kappa shape index (κ2) is 11.2. The van der Waals surface area contributed by atoms with Gasteiger partial charge in [0.05, 0.1) is 18.7 Å². The fraction of sp³-hybridized carbons (Fsp3) is 0.458. The number of benzene rings is 1. The zero-order chi connectivity index (χ0) is 28.4. The summed E-state index contributed by atoms with van der Waals surface area (Å²) in [6.45, 7) is 4.41. The largest absolute Gasteiger partial charge is 0.491 e. The number of hydrogen-bond donors (Lipinski definition) is 1. The molecule has 0 saturated carbocycles. The van der Waals surface area contributed by atoms with Crippen molar-refractivity contribution >= 4 is 34.1 Å². The first kappa shape index (κ1) is 29.3. The Balaban J connectivity index is 1.88. The van der Waals surface area contributed by atoms with E-state index in [1.807, 2.05) is 0 Å². The minimum atomic E-state index is -4.62. The molecule has 1 N–H and O–H groups in total. The van der Waals surface area contributed by atoms with Crippen molar-refractivity contribution in [2.45, 2.75) is 50.0 Å².